The maximum absolute atomic E-state index is 13.6. The molecule has 2 aromatic rings. The summed E-state index contributed by atoms with van der Waals surface area (Å²) < 4.78 is 48.2. The fourth-order valence-corrected chi connectivity index (χ4v) is 6.98. The predicted molar refractivity (Wildman–Crippen MR) is 129 cm³/mol. The molecule has 1 saturated heterocycles. The number of hydrogen-bond donors (Lipinski definition) is 1. The number of sulfonamides is 1. The molecule has 3 fully saturated rings. The summed E-state index contributed by atoms with van der Waals surface area (Å²) >= 11 is 0. The van der Waals surface area contributed by atoms with Crippen LogP contribution in [0, 0.1) is 11.7 Å². The number of rotatable bonds is 8. The fraction of sp³-hybridized carbons (Fsp3) is 0.600. The molecule has 1 aromatic heterocycles. The van der Waals surface area contributed by atoms with Crippen molar-refractivity contribution >= 4 is 15.8 Å². The zero-order chi connectivity index (χ0) is 23.5. The van der Waals surface area contributed by atoms with Gasteiger partial charge in [0.05, 0.1) is 18.0 Å². The lowest BCUT2D eigenvalue weighted by molar-refractivity contribution is -0.00217. The molecule has 2 saturated carbocycles. The van der Waals surface area contributed by atoms with Crippen LogP contribution in [0.1, 0.15) is 56.4 Å². The molecule has 3 aliphatic rings. The summed E-state index contributed by atoms with van der Waals surface area (Å²) in [5.41, 5.74) is 1.07. The summed E-state index contributed by atoms with van der Waals surface area (Å²) in [6, 6.07) is 10.6. The lowest BCUT2D eigenvalue weighted by Crippen LogP contribution is -2.53. The van der Waals surface area contributed by atoms with E-state index in [0.717, 1.165) is 56.5 Å². The largest absolute Gasteiger partial charge is 0.378 e. The Kier molecular flexibility index (Phi) is 7.13. The number of benzene rings is 1. The van der Waals surface area contributed by atoms with Crippen LogP contribution in [0.25, 0.3) is 0 Å². The number of aromatic nitrogens is 2. The molecule has 7 nitrogen and oxygen atoms in total. The quantitative estimate of drug-likeness (QED) is 0.611. The molecule has 2 aliphatic carbocycles. The van der Waals surface area contributed by atoms with Crippen molar-refractivity contribution in [1.29, 1.82) is 0 Å². The van der Waals surface area contributed by atoms with Gasteiger partial charge in [-0.25, -0.2) is 17.5 Å². The van der Waals surface area contributed by atoms with Crippen LogP contribution in [-0.2, 0) is 14.8 Å². The van der Waals surface area contributed by atoms with E-state index in [1.54, 1.807) is 18.3 Å². The van der Waals surface area contributed by atoms with Crippen LogP contribution >= 0.6 is 0 Å². The molecule has 9 heteroatoms. The van der Waals surface area contributed by atoms with Gasteiger partial charge in [-0.15, -0.1) is 5.10 Å². The van der Waals surface area contributed by atoms with Gasteiger partial charge in [-0.05, 0) is 80.7 Å². The average Bonchev–Trinajstić information content (AvgIpc) is 3.71. The van der Waals surface area contributed by atoms with Crippen LogP contribution in [-0.4, -0.2) is 55.7 Å². The van der Waals surface area contributed by atoms with E-state index in [4.69, 9.17) is 4.74 Å². The van der Waals surface area contributed by atoms with Gasteiger partial charge in [0.1, 0.15) is 5.82 Å². The molecule has 1 aromatic carbocycles. The normalized spacial score (nSPS) is 28.1. The van der Waals surface area contributed by atoms with Crippen molar-refractivity contribution in [3.05, 3.63) is 54.0 Å². The maximum atomic E-state index is 13.6. The van der Waals surface area contributed by atoms with E-state index in [1.807, 2.05) is 18.2 Å². The molecule has 0 spiro atoms. The Morgan fingerprint density at radius 3 is 2.59 bits per heavy atom. The van der Waals surface area contributed by atoms with E-state index < -0.39 is 10.0 Å². The minimum atomic E-state index is -3.27. The van der Waals surface area contributed by atoms with Gasteiger partial charge >= 0.3 is 0 Å². The summed E-state index contributed by atoms with van der Waals surface area (Å²) in [5.74, 6) is 1.04. The van der Waals surface area contributed by atoms with E-state index in [-0.39, 0.29) is 29.1 Å². The van der Waals surface area contributed by atoms with Gasteiger partial charge in [-0.1, -0.05) is 12.1 Å². The highest BCUT2D eigenvalue weighted by atomic mass is 32.2. The van der Waals surface area contributed by atoms with Crippen molar-refractivity contribution in [2.24, 2.45) is 5.92 Å². The van der Waals surface area contributed by atoms with Crippen molar-refractivity contribution in [2.45, 2.75) is 68.3 Å². The third-order valence-corrected chi connectivity index (χ3v) is 9.42. The zero-order valence-corrected chi connectivity index (χ0v) is 20.2. The summed E-state index contributed by atoms with van der Waals surface area (Å²) in [4.78, 5) is 2.17. The highest BCUT2D eigenvalue weighted by molar-refractivity contribution is 7.90. The van der Waals surface area contributed by atoms with Crippen LogP contribution in [0.15, 0.2) is 42.6 Å². The minimum Gasteiger partial charge on any atom is -0.378 e. The summed E-state index contributed by atoms with van der Waals surface area (Å²) in [6.45, 7) is 1.91. The topological polar surface area (TPSA) is 84.4 Å². The standard InChI is InChI=1S/C25H33FN4O3S/c26-21-4-1-3-19(15-21)18-6-8-22(9-7-18)33-17-20-16-30(25-5-2-13-27-28-25)14-12-24(20)29-34(31,32)23-10-11-23/h1-5,13,15,18,20,22-24,29H,6-12,14,16-17H2/t18-,20?,22+,24?. The van der Waals surface area contributed by atoms with Crippen LogP contribution < -0.4 is 9.62 Å². The van der Waals surface area contributed by atoms with E-state index in [1.165, 1.54) is 6.07 Å². The third kappa shape index (κ3) is 5.75. The highest BCUT2D eigenvalue weighted by Crippen LogP contribution is 2.35. The molecular weight excluding hydrogens is 455 g/mol. The molecular formula is C25H33FN4O3S. The first-order valence-electron chi connectivity index (χ1n) is 12.4. The first-order valence-corrected chi connectivity index (χ1v) is 13.9. The Bertz CT molecular complexity index is 1060. The van der Waals surface area contributed by atoms with Crippen LogP contribution in [0.4, 0.5) is 10.2 Å². The Labute approximate surface area is 201 Å². The molecule has 0 bridgehead atoms. The Morgan fingerprint density at radius 2 is 1.88 bits per heavy atom. The number of nitrogens with one attached hydrogen (secondary N) is 1. The number of hydrogen-bond acceptors (Lipinski definition) is 6. The van der Waals surface area contributed by atoms with Crippen LogP contribution in [0.3, 0.4) is 0 Å². The summed E-state index contributed by atoms with van der Waals surface area (Å²) in [5, 5.41) is 8.00. The lowest BCUT2D eigenvalue weighted by atomic mass is 9.82. The van der Waals surface area contributed by atoms with Gasteiger partial charge in [-0.2, -0.15) is 5.10 Å². The van der Waals surface area contributed by atoms with Gasteiger partial charge in [0, 0.05) is 31.2 Å². The zero-order valence-electron chi connectivity index (χ0n) is 19.4. The lowest BCUT2D eigenvalue weighted by Gasteiger charge is -2.40. The molecule has 184 valence electrons. The molecule has 1 N–H and O–H groups in total. The monoisotopic (exact) mass is 488 g/mol. The highest BCUT2D eigenvalue weighted by Gasteiger charge is 2.40. The molecule has 0 amide bonds. The number of nitrogens with zero attached hydrogens (tertiary/aromatic N) is 3. The van der Waals surface area contributed by atoms with Crippen molar-refractivity contribution in [2.75, 3.05) is 24.6 Å². The Balaban J connectivity index is 1.20. The number of anilines is 1. The second-order valence-electron chi connectivity index (χ2n) is 9.91. The van der Waals surface area contributed by atoms with Gasteiger partial charge < -0.3 is 9.64 Å². The first-order chi connectivity index (χ1) is 16.5. The van der Waals surface area contributed by atoms with Gasteiger partial charge in [0.15, 0.2) is 5.82 Å². The minimum absolute atomic E-state index is 0.0326. The first kappa shape index (κ1) is 23.6. The van der Waals surface area contributed by atoms with Crippen molar-refractivity contribution in [3.63, 3.8) is 0 Å². The van der Waals surface area contributed by atoms with Gasteiger partial charge in [0.2, 0.25) is 10.0 Å². The van der Waals surface area contributed by atoms with E-state index in [9.17, 15) is 12.8 Å². The number of ether oxygens (including phenoxy) is 1. The smallest absolute Gasteiger partial charge is 0.214 e. The van der Waals surface area contributed by atoms with Crippen LogP contribution in [0.2, 0.25) is 0 Å². The molecule has 5 rings (SSSR count). The van der Waals surface area contributed by atoms with Gasteiger partial charge in [0.25, 0.3) is 0 Å². The van der Waals surface area contributed by atoms with Crippen molar-refractivity contribution < 1.29 is 17.5 Å². The molecule has 2 unspecified atom stereocenters. The molecule has 34 heavy (non-hydrogen) atoms. The molecule has 2 heterocycles. The predicted octanol–water partition coefficient (Wildman–Crippen LogP) is 3.64. The third-order valence-electron chi connectivity index (χ3n) is 7.44. The van der Waals surface area contributed by atoms with E-state index in [0.29, 0.717) is 25.5 Å². The summed E-state index contributed by atoms with van der Waals surface area (Å²) in [6.07, 6.45) is 7.83. The second-order valence-corrected chi connectivity index (χ2v) is 11.9. The van der Waals surface area contributed by atoms with Crippen molar-refractivity contribution in [1.82, 2.24) is 14.9 Å². The number of piperidine rings is 1. The molecule has 2 atom stereocenters. The maximum Gasteiger partial charge on any atom is 0.214 e. The second kappa shape index (κ2) is 10.3. The fourth-order valence-electron chi connectivity index (χ4n) is 5.29. The number of halogens is 1. The van der Waals surface area contributed by atoms with E-state index >= 15 is 0 Å². The molecule has 1 aliphatic heterocycles. The van der Waals surface area contributed by atoms with Gasteiger partial charge in [-0.3, -0.25) is 0 Å². The van der Waals surface area contributed by atoms with E-state index in [2.05, 4.69) is 19.8 Å². The SMILES string of the molecule is O=S(=O)(NC1CCN(c2cccnn2)CC1CO[C@H]1CC[C@@H](c2cccc(F)c2)CC1)C1CC1. The van der Waals surface area contributed by atoms with Crippen molar-refractivity contribution in [3.8, 4) is 0 Å². The average molecular weight is 489 g/mol. The Hall–Kier alpha value is -2.10. The summed E-state index contributed by atoms with van der Waals surface area (Å²) in [7, 11) is -3.27. The van der Waals surface area contributed by atoms with Crippen LogP contribution in [0.5, 0.6) is 0 Å². The molecule has 0 radical (unpaired) electrons. The Morgan fingerprint density at radius 1 is 1.06 bits per heavy atom.